The van der Waals surface area contributed by atoms with Gasteiger partial charge in [0, 0.05) is 32.0 Å². The van der Waals surface area contributed by atoms with E-state index < -0.39 is 6.36 Å². The Morgan fingerprint density at radius 1 is 1.03 bits per heavy atom. The summed E-state index contributed by atoms with van der Waals surface area (Å²) in [4.78, 5) is 39.1. The van der Waals surface area contributed by atoms with E-state index in [1.165, 1.54) is 22.8 Å². The van der Waals surface area contributed by atoms with Crippen molar-refractivity contribution in [1.82, 2.24) is 9.47 Å². The molecule has 1 fully saturated rings. The van der Waals surface area contributed by atoms with Crippen molar-refractivity contribution in [1.29, 1.82) is 0 Å². The Labute approximate surface area is 211 Å². The van der Waals surface area contributed by atoms with Crippen molar-refractivity contribution in [3.05, 3.63) is 93.9 Å². The molecule has 1 aliphatic heterocycles. The summed E-state index contributed by atoms with van der Waals surface area (Å²) in [5, 5.41) is 2.75. The van der Waals surface area contributed by atoms with Gasteiger partial charge in [0.1, 0.15) is 11.3 Å². The number of rotatable bonds is 6. The number of pyridine rings is 1. The Morgan fingerprint density at radius 3 is 2.41 bits per heavy atom. The van der Waals surface area contributed by atoms with Gasteiger partial charge in [0.05, 0.1) is 6.42 Å². The number of aryl methyl sites for hydroxylation is 1. The normalized spacial score (nSPS) is 14.3. The molecule has 2 heterocycles. The zero-order valence-corrected chi connectivity index (χ0v) is 20.1. The molecule has 10 heteroatoms. The van der Waals surface area contributed by atoms with Crippen LogP contribution in [0.5, 0.6) is 5.75 Å². The van der Waals surface area contributed by atoms with Crippen LogP contribution in [0.3, 0.4) is 0 Å². The van der Waals surface area contributed by atoms with Crippen LogP contribution in [0, 0.1) is 0 Å². The fraction of sp³-hybridized carbons (Fsp3) is 0.296. The average molecular weight is 514 g/mol. The van der Waals surface area contributed by atoms with E-state index in [-0.39, 0.29) is 41.0 Å². The molecule has 1 N–H and O–H groups in total. The van der Waals surface area contributed by atoms with Crippen molar-refractivity contribution in [3.8, 4) is 5.75 Å². The van der Waals surface area contributed by atoms with E-state index >= 15 is 0 Å². The Bertz CT molecular complexity index is 1330. The number of hydrogen-bond donors (Lipinski definition) is 1. The molecule has 1 saturated heterocycles. The van der Waals surface area contributed by atoms with Crippen LogP contribution in [0.15, 0.2) is 71.7 Å². The third-order valence-corrected chi connectivity index (χ3v) is 6.30. The molecule has 2 aromatic carbocycles. The molecule has 0 atom stereocenters. The van der Waals surface area contributed by atoms with Gasteiger partial charge in [0.2, 0.25) is 5.91 Å². The number of alkyl halides is 3. The second-order valence-corrected chi connectivity index (χ2v) is 8.95. The Kier molecular flexibility index (Phi) is 7.66. The van der Waals surface area contributed by atoms with Gasteiger partial charge in [-0.1, -0.05) is 24.3 Å². The number of amides is 2. The van der Waals surface area contributed by atoms with Crippen LogP contribution in [-0.4, -0.2) is 40.7 Å². The van der Waals surface area contributed by atoms with E-state index in [0.717, 1.165) is 18.4 Å². The van der Waals surface area contributed by atoms with Crippen molar-refractivity contribution in [2.75, 3.05) is 18.4 Å². The van der Waals surface area contributed by atoms with Crippen LogP contribution in [0.4, 0.5) is 18.9 Å². The fourth-order valence-electron chi connectivity index (χ4n) is 4.43. The summed E-state index contributed by atoms with van der Waals surface area (Å²) in [7, 11) is 1.61. The second kappa shape index (κ2) is 10.9. The summed E-state index contributed by atoms with van der Waals surface area (Å²) < 4.78 is 42.5. The minimum absolute atomic E-state index is 0.103. The van der Waals surface area contributed by atoms with E-state index in [9.17, 15) is 27.6 Å². The molecule has 4 rings (SSSR count). The molecule has 7 nitrogen and oxygen atoms in total. The molecule has 2 amide bonds. The maximum Gasteiger partial charge on any atom is 0.573 e. The molecular weight excluding hydrogens is 487 g/mol. The number of benzene rings is 2. The Balaban J connectivity index is 1.30. The first-order valence-corrected chi connectivity index (χ1v) is 11.8. The molecule has 1 aromatic heterocycles. The van der Waals surface area contributed by atoms with Crippen LogP contribution in [-0.2, 0) is 18.3 Å². The highest BCUT2D eigenvalue weighted by atomic mass is 19.4. The first kappa shape index (κ1) is 26.0. The Morgan fingerprint density at radius 2 is 1.73 bits per heavy atom. The van der Waals surface area contributed by atoms with E-state index in [1.807, 2.05) is 12.1 Å². The SMILES string of the molecule is Cn1cccc(C(=O)N2CCC(c3ccc(NC(=O)Cc4cccc(OC(F)(F)F)c4)cc3)CC2)c1=O. The number of aromatic nitrogens is 1. The number of likely N-dealkylation sites (tertiary alicyclic amines) is 1. The molecule has 0 saturated carbocycles. The fourth-order valence-corrected chi connectivity index (χ4v) is 4.43. The molecule has 3 aromatic rings. The molecule has 194 valence electrons. The Hall–Kier alpha value is -4.08. The molecule has 1 aliphatic rings. The number of carbonyl (C=O) groups excluding carboxylic acids is 2. The van der Waals surface area contributed by atoms with Gasteiger partial charge in [-0.2, -0.15) is 0 Å². The van der Waals surface area contributed by atoms with Crippen LogP contribution < -0.4 is 15.6 Å². The molecular formula is C27H26F3N3O4. The van der Waals surface area contributed by atoms with Crippen LogP contribution in [0.25, 0.3) is 0 Å². The van der Waals surface area contributed by atoms with Gasteiger partial charge >= 0.3 is 6.36 Å². The smallest absolute Gasteiger partial charge is 0.406 e. The van der Waals surface area contributed by atoms with Gasteiger partial charge in [0.25, 0.3) is 11.5 Å². The average Bonchev–Trinajstić information content (AvgIpc) is 2.85. The third kappa shape index (κ3) is 6.78. The number of nitrogens with one attached hydrogen (secondary N) is 1. The van der Waals surface area contributed by atoms with E-state index in [1.54, 1.807) is 48.5 Å². The van der Waals surface area contributed by atoms with Gasteiger partial charge in [-0.3, -0.25) is 14.4 Å². The largest absolute Gasteiger partial charge is 0.573 e. The highest BCUT2D eigenvalue weighted by Gasteiger charge is 2.31. The molecule has 0 radical (unpaired) electrons. The molecule has 37 heavy (non-hydrogen) atoms. The highest BCUT2D eigenvalue weighted by molar-refractivity contribution is 5.94. The molecule has 0 aliphatic carbocycles. The van der Waals surface area contributed by atoms with E-state index in [0.29, 0.717) is 24.3 Å². The maximum absolute atomic E-state index is 12.8. The van der Waals surface area contributed by atoms with Crippen molar-refractivity contribution in [2.45, 2.75) is 31.5 Å². The van der Waals surface area contributed by atoms with Gasteiger partial charge in [-0.25, -0.2) is 0 Å². The monoisotopic (exact) mass is 513 g/mol. The second-order valence-electron chi connectivity index (χ2n) is 8.95. The number of carbonyl (C=O) groups is 2. The summed E-state index contributed by atoms with van der Waals surface area (Å²) >= 11 is 0. The van der Waals surface area contributed by atoms with Crippen molar-refractivity contribution in [2.24, 2.45) is 7.05 Å². The van der Waals surface area contributed by atoms with Crippen molar-refractivity contribution in [3.63, 3.8) is 0 Å². The summed E-state index contributed by atoms with van der Waals surface area (Å²) in [6, 6.07) is 15.9. The maximum atomic E-state index is 12.8. The lowest BCUT2D eigenvalue weighted by molar-refractivity contribution is -0.274. The molecule has 0 bridgehead atoms. The minimum atomic E-state index is -4.80. The zero-order valence-electron chi connectivity index (χ0n) is 20.1. The standard InChI is InChI=1S/C27H26F3N3O4/c1-32-13-3-6-23(25(32)35)26(36)33-14-11-20(12-15-33)19-7-9-21(10-8-19)31-24(34)17-18-4-2-5-22(16-18)37-27(28,29)30/h2-10,13,16,20H,11-12,14-15,17H2,1H3,(H,31,34). The number of piperidine rings is 1. The van der Waals surface area contributed by atoms with Gasteiger partial charge in [-0.15, -0.1) is 13.2 Å². The summed E-state index contributed by atoms with van der Waals surface area (Å²) in [6.07, 6.45) is -1.78. The lowest BCUT2D eigenvalue weighted by atomic mass is 9.89. The van der Waals surface area contributed by atoms with Crippen molar-refractivity contribution >= 4 is 17.5 Å². The van der Waals surface area contributed by atoms with Crippen molar-refractivity contribution < 1.29 is 27.5 Å². The zero-order chi connectivity index (χ0) is 26.6. The van der Waals surface area contributed by atoms with Crippen LogP contribution in [0.2, 0.25) is 0 Å². The van der Waals surface area contributed by atoms with Gasteiger partial charge in [0.15, 0.2) is 0 Å². The molecule has 0 spiro atoms. The predicted octanol–water partition coefficient (Wildman–Crippen LogP) is 4.48. The van der Waals surface area contributed by atoms with Gasteiger partial charge in [-0.05, 0) is 66.3 Å². The first-order valence-electron chi connectivity index (χ1n) is 11.8. The quantitative estimate of drug-likeness (QED) is 0.527. The van der Waals surface area contributed by atoms with Crippen LogP contribution in [0.1, 0.15) is 40.2 Å². The number of anilines is 1. The summed E-state index contributed by atoms with van der Waals surface area (Å²) in [5.74, 6) is -0.756. The highest BCUT2D eigenvalue weighted by Crippen LogP contribution is 2.29. The lowest BCUT2D eigenvalue weighted by Gasteiger charge is -2.32. The van der Waals surface area contributed by atoms with E-state index in [2.05, 4.69) is 10.1 Å². The number of ether oxygens (including phenoxy) is 1. The number of hydrogen-bond acceptors (Lipinski definition) is 4. The number of halogens is 3. The lowest BCUT2D eigenvalue weighted by Crippen LogP contribution is -2.40. The number of nitrogens with zero attached hydrogens (tertiary/aromatic N) is 2. The summed E-state index contributed by atoms with van der Waals surface area (Å²) in [6.45, 7) is 1.08. The predicted molar refractivity (Wildman–Crippen MR) is 131 cm³/mol. The van der Waals surface area contributed by atoms with Crippen LogP contribution >= 0.6 is 0 Å². The minimum Gasteiger partial charge on any atom is -0.406 e. The van der Waals surface area contributed by atoms with E-state index in [4.69, 9.17) is 0 Å². The summed E-state index contributed by atoms with van der Waals surface area (Å²) in [5.41, 5.74) is 1.91. The van der Waals surface area contributed by atoms with Gasteiger partial charge < -0.3 is 19.5 Å². The third-order valence-electron chi connectivity index (χ3n) is 6.30. The molecule has 0 unspecified atom stereocenters. The topological polar surface area (TPSA) is 80.6 Å². The first-order chi connectivity index (χ1) is 17.6.